The highest BCUT2D eigenvalue weighted by Crippen LogP contribution is 2.25. The topological polar surface area (TPSA) is 74.5 Å². The van der Waals surface area contributed by atoms with E-state index in [1.807, 2.05) is 23.1 Å². The zero-order valence-corrected chi connectivity index (χ0v) is 14.7. The average molecular weight is 353 g/mol. The molecule has 26 heavy (non-hydrogen) atoms. The Labute approximate surface area is 153 Å². The summed E-state index contributed by atoms with van der Waals surface area (Å²) < 4.78 is 0. The Morgan fingerprint density at radius 3 is 2.58 bits per heavy atom. The van der Waals surface area contributed by atoms with Crippen LogP contribution in [0.4, 0.5) is 11.5 Å². The molecule has 1 aromatic carbocycles. The summed E-state index contributed by atoms with van der Waals surface area (Å²) in [6, 6.07) is 13.4. The maximum absolute atomic E-state index is 11.2. The fourth-order valence-electron chi connectivity index (χ4n) is 3.07. The number of hydrogen-bond acceptors (Lipinski definition) is 6. The van der Waals surface area contributed by atoms with E-state index in [4.69, 9.17) is 0 Å². The van der Waals surface area contributed by atoms with Gasteiger partial charge in [-0.3, -0.25) is 10.1 Å². The van der Waals surface area contributed by atoms with Gasteiger partial charge in [0.2, 0.25) is 5.82 Å². The predicted octanol–water partition coefficient (Wildman–Crippen LogP) is 2.42. The van der Waals surface area contributed by atoms with Crippen LogP contribution in [0.5, 0.6) is 0 Å². The molecule has 0 unspecified atom stereocenters. The fourth-order valence-corrected chi connectivity index (χ4v) is 3.07. The summed E-state index contributed by atoms with van der Waals surface area (Å²) in [5.41, 5.74) is 1.35. The molecule has 2 heterocycles. The molecule has 136 valence electrons. The second-order valence-corrected chi connectivity index (χ2v) is 6.19. The van der Waals surface area contributed by atoms with Gasteiger partial charge >= 0.3 is 5.69 Å². The highest BCUT2D eigenvalue weighted by atomic mass is 16.6. The van der Waals surface area contributed by atoms with Crippen LogP contribution in [0, 0.1) is 10.1 Å². The second-order valence-electron chi connectivity index (χ2n) is 6.19. The number of aromatic nitrogens is 1. The van der Waals surface area contributed by atoms with Crippen LogP contribution in [0.15, 0.2) is 61.1 Å². The van der Waals surface area contributed by atoms with Gasteiger partial charge in [-0.1, -0.05) is 36.9 Å². The minimum atomic E-state index is -0.376. The predicted molar refractivity (Wildman–Crippen MR) is 102 cm³/mol. The van der Waals surface area contributed by atoms with E-state index in [9.17, 15) is 10.1 Å². The van der Waals surface area contributed by atoms with E-state index in [1.54, 1.807) is 12.3 Å². The summed E-state index contributed by atoms with van der Waals surface area (Å²) in [4.78, 5) is 19.1. The molecule has 1 aromatic heterocycles. The first-order valence-electron chi connectivity index (χ1n) is 8.71. The Balaban J connectivity index is 1.49. The Morgan fingerprint density at radius 1 is 1.15 bits per heavy atom. The molecule has 0 amide bonds. The lowest BCUT2D eigenvalue weighted by Crippen LogP contribution is -2.48. The molecule has 1 N–H and O–H groups in total. The van der Waals surface area contributed by atoms with Crippen molar-refractivity contribution in [1.82, 2.24) is 15.2 Å². The van der Waals surface area contributed by atoms with E-state index < -0.39 is 0 Å². The summed E-state index contributed by atoms with van der Waals surface area (Å²) in [5.74, 6) is 1.34. The first kappa shape index (κ1) is 17.7. The third-order valence-electron chi connectivity index (χ3n) is 4.51. The number of anilines is 1. The molecule has 1 fully saturated rings. The van der Waals surface area contributed by atoms with Crippen LogP contribution in [0.3, 0.4) is 0 Å². The van der Waals surface area contributed by atoms with Crippen LogP contribution in [-0.4, -0.2) is 47.5 Å². The molecule has 3 rings (SSSR count). The number of benzene rings is 1. The molecule has 0 spiro atoms. The molecule has 0 aliphatic carbocycles. The molecule has 7 nitrogen and oxygen atoms in total. The molecule has 1 aliphatic heterocycles. The van der Waals surface area contributed by atoms with Gasteiger partial charge < -0.3 is 15.1 Å². The molecule has 0 atom stereocenters. The summed E-state index contributed by atoms with van der Waals surface area (Å²) >= 11 is 0. The van der Waals surface area contributed by atoms with Gasteiger partial charge in [-0.15, -0.1) is 0 Å². The smallest absolute Gasteiger partial charge is 0.311 e. The monoisotopic (exact) mass is 353 g/mol. The number of nitro groups is 1. The first-order chi connectivity index (χ1) is 12.6. The average Bonchev–Trinajstić information content (AvgIpc) is 2.69. The lowest BCUT2D eigenvalue weighted by atomic mass is 10.1. The van der Waals surface area contributed by atoms with Crippen molar-refractivity contribution in [3.8, 4) is 0 Å². The van der Waals surface area contributed by atoms with Crippen LogP contribution >= 0.6 is 0 Å². The van der Waals surface area contributed by atoms with Crippen LogP contribution in [0.1, 0.15) is 5.56 Å². The summed E-state index contributed by atoms with van der Waals surface area (Å²) in [7, 11) is 0. The molecule has 0 radical (unpaired) electrons. The zero-order valence-electron chi connectivity index (χ0n) is 14.7. The van der Waals surface area contributed by atoms with Gasteiger partial charge in [-0.25, -0.2) is 4.98 Å². The number of nitrogens with one attached hydrogen (secondary N) is 1. The summed E-state index contributed by atoms with van der Waals surface area (Å²) in [5, 5.41) is 14.6. The Morgan fingerprint density at radius 2 is 1.88 bits per heavy atom. The van der Waals surface area contributed by atoms with Crippen molar-refractivity contribution >= 4 is 11.5 Å². The molecular formula is C19H23N5O2. The largest absolute Gasteiger partial charge is 0.372 e. The van der Waals surface area contributed by atoms with E-state index in [1.165, 1.54) is 11.6 Å². The van der Waals surface area contributed by atoms with E-state index >= 15 is 0 Å². The maximum atomic E-state index is 11.2. The van der Waals surface area contributed by atoms with Gasteiger partial charge in [0.05, 0.1) is 10.7 Å². The molecular weight excluding hydrogens is 330 g/mol. The number of piperazine rings is 1. The maximum Gasteiger partial charge on any atom is 0.311 e. The highest BCUT2D eigenvalue weighted by Gasteiger charge is 2.24. The Kier molecular flexibility index (Phi) is 5.68. The number of rotatable bonds is 7. The van der Waals surface area contributed by atoms with Crippen molar-refractivity contribution in [1.29, 1.82) is 0 Å². The van der Waals surface area contributed by atoms with Crippen molar-refractivity contribution in [2.24, 2.45) is 0 Å². The minimum absolute atomic E-state index is 0.0563. The lowest BCUT2D eigenvalue weighted by Gasteiger charge is -2.37. The number of pyridine rings is 1. The van der Waals surface area contributed by atoms with E-state index in [0.29, 0.717) is 18.9 Å². The van der Waals surface area contributed by atoms with E-state index in [-0.39, 0.29) is 10.6 Å². The van der Waals surface area contributed by atoms with Crippen LogP contribution in [0.25, 0.3) is 0 Å². The van der Waals surface area contributed by atoms with Crippen LogP contribution in [-0.2, 0) is 6.42 Å². The normalized spacial score (nSPS) is 14.2. The van der Waals surface area contributed by atoms with Crippen LogP contribution in [0.2, 0.25) is 0 Å². The van der Waals surface area contributed by atoms with Gasteiger partial charge in [0.25, 0.3) is 0 Å². The molecule has 0 bridgehead atoms. The van der Waals surface area contributed by atoms with Gasteiger partial charge in [-0.2, -0.15) is 0 Å². The second kappa shape index (κ2) is 8.33. The molecule has 0 saturated carbocycles. The van der Waals surface area contributed by atoms with Gasteiger partial charge in [0.15, 0.2) is 0 Å². The SMILES string of the molecule is C=C(NCCc1ccccc1)N1CCN(c2ncccc2[N+](=O)[O-])CC1. The third kappa shape index (κ3) is 4.30. The Hall–Kier alpha value is -3.09. The van der Waals surface area contributed by atoms with Gasteiger partial charge in [0, 0.05) is 45.0 Å². The van der Waals surface area contributed by atoms with Gasteiger partial charge in [0.1, 0.15) is 0 Å². The highest BCUT2D eigenvalue weighted by molar-refractivity contribution is 5.57. The van der Waals surface area contributed by atoms with Crippen LogP contribution < -0.4 is 10.2 Å². The summed E-state index contributed by atoms with van der Waals surface area (Å²) in [6.07, 6.45) is 2.54. The Bertz CT molecular complexity index is 758. The van der Waals surface area contributed by atoms with E-state index in [2.05, 4.69) is 33.9 Å². The number of nitrogens with zero attached hydrogens (tertiary/aromatic N) is 4. The third-order valence-corrected chi connectivity index (χ3v) is 4.51. The van der Waals surface area contributed by atoms with Crippen molar-refractivity contribution in [2.75, 3.05) is 37.6 Å². The van der Waals surface area contributed by atoms with Crippen molar-refractivity contribution in [3.05, 3.63) is 76.7 Å². The quantitative estimate of drug-likeness (QED) is 0.609. The van der Waals surface area contributed by atoms with Gasteiger partial charge in [-0.05, 0) is 18.1 Å². The molecule has 1 aliphatic rings. The lowest BCUT2D eigenvalue weighted by molar-refractivity contribution is -0.384. The van der Waals surface area contributed by atoms with E-state index in [0.717, 1.165) is 31.9 Å². The minimum Gasteiger partial charge on any atom is -0.372 e. The zero-order chi connectivity index (χ0) is 18.4. The number of hydrogen-bond donors (Lipinski definition) is 1. The summed E-state index contributed by atoms with van der Waals surface area (Å²) in [6.45, 7) is 7.82. The van der Waals surface area contributed by atoms with Crippen molar-refractivity contribution in [2.45, 2.75) is 6.42 Å². The molecule has 7 heteroatoms. The standard InChI is InChI=1S/C19H23N5O2/c1-16(20-11-9-17-6-3-2-4-7-17)22-12-14-23(15-13-22)19-18(24(25)26)8-5-10-21-19/h2-8,10,20H,1,9,11-15H2. The van der Waals surface area contributed by atoms with Crippen molar-refractivity contribution < 1.29 is 4.92 Å². The molecule has 1 saturated heterocycles. The van der Waals surface area contributed by atoms with Crippen molar-refractivity contribution in [3.63, 3.8) is 0 Å². The molecule has 2 aromatic rings. The fraction of sp³-hybridized carbons (Fsp3) is 0.316. The first-order valence-corrected chi connectivity index (χ1v) is 8.71.